The van der Waals surface area contributed by atoms with E-state index in [9.17, 15) is 9.59 Å². The number of carbonyl (C=O) groups excluding carboxylic acids is 2. The minimum atomic E-state index is -0.359. The van der Waals surface area contributed by atoms with Gasteiger partial charge in [-0.25, -0.2) is 4.98 Å². The fraction of sp³-hybridized carbons (Fsp3) is 0.269. The summed E-state index contributed by atoms with van der Waals surface area (Å²) in [4.78, 5) is 29.7. The average Bonchev–Trinajstić information content (AvgIpc) is 3.60. The van der Waals surface area contributed by atoms with Crippen LogP contribution in [0.3, 0.4) is 0 Å². The number of hydrogen-bond acceptors (Lipinski definition) is 10. The molecule has 4 rings (SSSR count). The van der Waals surface area contributed by atoms with Crippen LogP contribution in [0.4, 0.5) is 5.13 Å². The molecule has 2 heterocycles. The quantitative estimate of drug-likeness (QED) is 0.258. The Bertz CT molecular complexity index is 1450. The van der Waals surface area contributed by atoms with Crippen molar-refractivity contribution in [1.29, 1.82) is 0 Å². The van der Waals surface area contributed by atoms with Crippen LogP contribution in [0.1, 0.15) is 27.3 Å². The zero-order valence-corrected chi connectivity index (χ0v) is 23.7. The van der Waals surface area contributed by atoms with Crippen LogP contribution in [0.5, 0.6) is 17.2 Å². The van der Waals surface area contributed by atoms with Crippen LogP contribution < -0.4 is 24.8 Å². The second kappa shape index (κ2) is 12.6. The van der Waals surface area contributed by atoms with Crippen LogP contribution in [-0.4, -0.2) is 58.6 Å². The molecule has 4 aromatic rings. The molecule has 2 amide bonds. The van der Waals surface area contributed by atoms with E-state index in [2.05, 4.69) is 25.8 Å². The van der Waals surface area contributed by atoms with Crippen LogP contribution in [0.15, 0.2) is 47.1 Å². The lowest BCUT2D eigenvalue weighted by molar-refractivity contribution is -0.113. The molecule has 0 aliphatic heterocycles. The van der Waals surface area contributed by atoms with Gasteiger partial charge in [0.2, 0.25) is 11.7 Å². The van der Waals surface area contributed by atoms with E-state index in [0.717, 1.165) is 16.8 Å². The summed E-state index contributed by atoms with van der Waals surface area (Å²) in [5.74, 6) is 1.19. The predicted octanol–water partition coefficient (Wildman–Crippen LogP) is 4.03. The van der Waals surface area contributed by atoms with Crippen LogP contribution >= 0.6 is 23.1 Å². The van der Waals surface area contributed by atoms with Gasteiger partial charge in [-0.2, -0.15) is 0 Å². The van der Waals surface area contributed by atoms with E-state index in [1.807, 2.05) is 36.6 Å². The molecule has 0 spiro atoms. The van der Waals surface area contributed by atoms with Gasteiger partial charge in [0.05, 0.1) is 39.3 Å². The molecule has 204 valence electrons. The van der Waals surface area contributed by atoms with E-state index >= 15 is 0 Å². The number of nitrogens with one attached hydrogen (secondary N) is 2. The van der Waals surface area contributed by atoms with Crippen molar-refractivity contribution in [3.05, 3.63) is 64.4 Å². The van der Waals surface area contributed by atoms with Gasteiger partial charge < -0.3 is 24.8 Å². The maximum absolute atomic E-state index is 13.1. The molecule has 2 aromatic heterocycles. The summed E-state index contributed by atoms with van der Waals surface area (Å²) < 4.78 is 17.9. The summed E-state index contributed by atoms with van der Waals surface area (Å²) in [7, 11) is 4.47. The van der Waals surface area contributed by atoms with Gasteiger partial charge in [0.25, 0.3) is 5.91 Å². The van der Waals surface area contributed by atoms with Crippen molar-refractivity contribution >= 4 is 40.0 Å². The van der Waals surface area contributed by atoms with Gasteiger partial charge in [0.1, 0.15) is 0 Å². The molecule has 0 atom stereocenters. The van der Waals surface area contributed by atoms with Gasteiger partial charge in [0.15, 0.2) is 27.6 Å². The Balaban J connectivity index is 1.58. The molecular weight excluding hydrogens is 540 g/mol. The molecule has 39 heavy (non-hydrogen) atoms. The van der Waals surface area contributed by atoms with E-state index in [-0.39, 0.29) is 24.1 Å². The molecule has 0 radical (unpaired) electrons. The number of thiazole rings is 1. The highest BCUT2D eigenvalue weighted by Crippen LogP contribution is 2.38. The summed E-state index contributed by atoms with van der Waals surface area (Å²) in [6.07, 6.45) is 1.63. The standard InChI is InChI=1S/C26H28N6O5S2/c1-15-6-7-16(2)18(10-15)32-21(30-31-26(32)39-14-22(33)29-25-27-8-9-38-25)13-28-24(34)17-11-19(35-3)23(37-5)20(12-17)36-4/h6-12H,13-14H2,1-5H3,(H,28,34)(H,27,29,33). The number of amides is 2. The lowest BCUT2D eigenvalue weighted by Crippen LogP contribution is -2.25. The first kappa shape index (κ1) is 27.9. The number of nitrogens with zero attached hydrogens (tertiary/aromatic N) is 4. The summed E-state index contributed by atoms with van der Waals surface area (Å²) >= 11 is 2.59. The Morgan fingerprint density at radius 3 is 2.41 bits per heavy atom. The van der Waals surface area contributed by atoms with E-state index in [1.165, 1.54) is 44.4 Å². The van der Waals surface area contributed by atoms with Crippen molar-refractivity contribution in [3.8, 4) is 22.9 Å². The zero-order valence-electron chi connectivity index (χ0n) is 22.1. The molecule has 13 heteroatoms. The average molecular weight is 569 g/mol. The molecule has 11 nitrogen and oxygen atoms in total. The fourth-order valence-corrected chi connectivity index (χ4v) is 5.06. The number of aromatic nitrogens is 4. The fourth-order valence-electron chi connectivity index (χ4n) is 3.75. The van der Waals surface area contributed by atoms with Gasteiger partial charge in [-0.05, 0) is 43.2 Å². The summed E-state index contributed by atoms with van der Waals surface area (Å²) in [6.45, 7) is 4.06. The number of thioether (sulfide) groups is 1. The summed E-state index contributed by atoms with van der Waals surface area (Å²) in [5, 5.41) is 17.2. The summed E-state index contributed by atoms with van der Waals surface area (Å²) in [6, 6.07) is 9.20. The Labute approximate surface area is 233 Å². The molecule has 0 saturated heterocycles. The molecule has 2 aromatic carbocycles. The first-order valence-electron chi connectivity index (χ1n) is 11.8. The topological polar surface area (TPSA) is 129 Å². The smallest absolute Gasteiger partial charge is 0.251 e. The number of aryl methyl sites for hydroxylation is 2. The molecule has 0 saturated carbocycles. The van der Waals surface area contributed by atoms with Gasteiger partial charge >= 0.3 is 0 Å². The molecule has 0 aliphatic carbocycles. The molecule has 2 N–H and O–H groups in total. The van der Waals surface area contributed by atoms with E-state index in [0.29, 0.717) is 38.9 Å². The highest BCUT2D eigenvalue weighted by Gasteiger charge is 2.20. The van der Waals surface area contributed by atoms with Crippen molar-refractivity contribution in [2.75, 3.05) is 32.4 Å². The van der Waals surface area contributed by atoms with Crippen LogP contribution in [0.25, 0.3) is 5.69 Å². The van der Waals surface area contributed by atoms with Crippen LogP contribution in [0.2, 0.25) is 0 Å². The Hall–Kier alpha value is -4.10. The number of benzene rings is 2. The Kier molecular flexibility index (Phi) is 9.04. The number of methoxy groups -OCH3 is 3. The van der Waals surface area contributed by atoms with Crippen molar-refractivity contribution in [2.45, 2.75) is 25.5 Å². The number of carbonyl (C=O) groups is 2. The minimum absolute atomic E-state index is 0.0851. The lowest BCUT2D eigenvalue weighted by atomic mass is 10.1. The summed E-state index contributed by atoms with van der Waals surface area (Å²) in [5.41, 5.74) is 3.23. The van der Waals surface area contributed by atoms with Crippen LogP contribution in [-0.2, 0) is 11.3 Å². The molecule has 0 aliphatic rings. The number of ether oxygens (including phenoxy) is 3. The Morgan fingerprint density at radius 1 is 1.03 bits per heavy atom. The monoisotopic (exact) mass is 568 g/mol. The largest absolute Gasteiger partial charge is 0.493 e. The highest BCUT2D eigenvalue weighted by atomic mass is 32.2. The highest BCUT2D eigenvalue weighted by molar-refractivity contribution is 7.99. The number of anilines is 1. The first-order chi connectivity index (χ1) is 18.8. The molecule has 0 unspecified atom stereocenters. The molecular formula is C26H28N6O5S2. The molecule has 0 bridgehead atoms. The number of hydrogen-bond donors (Lipinski definition) is 2. The van der Waals surface area contributed by atoms with Crippen molar-refractivity contribution in [3.63, 3.8) is 0 Å². The van der Waals surface area contributed by atoms with E-state index < -0.39 is 0 Å². The normalized spacial score (nSPS) is 10.7. The van der Waals surface area contributed by atoms with Gasteiger partial charge in [-0.15, -0.1) is 21.5 Å². The molecule has 0 fully saturated rings. The third-order valence-electron chi connectivity index (χ3n) is 5.65. The van der Waals surface area contributed by atoms with Crippen molar-refractivity contribution < 1.29 is 23.8 Å². The second-order valence-electron chi connectivity index (χ2n) is 8.29. The van der Waals surface area contributed by atoms with Crippen molar-refractivity contribution in [2.24, 2.45) is 0 Å². The zero-order chi connectivity index (χ0) is 27.9. The predicted molar refractivity (Wildman–Crippen MR) is 150 cm³/mol. The van der Waals surface area contributed by atoms with Gasteiger partial charge in [0, 0.05) is 17.1 Å². The maximum Gasteiger partial charge on any atom is 0.251 e. The third kappa shape index (κ3) is 6.49. The third-order valence-corrected chi connectivity index (χ3v) is 7.27. The van der Waals surface area contributed by atoms with E-state index in [1.54, 1.807) is 23.7 Å². The second-order valence-corrected chi connectivity index (χ2v) is 10.1. The first-order valence-corrected chi connectivity index (χ1v) is 13.6. The van der Waals surface area contributed by atoms with Crippen LogP contribution in [0, 0.1) is 13.8 Å². The maximum atomic E-state index is 13.1. The SMILES string of the molecule is COc1cc(C(=O)NCc2nnc(SCC(=O)Nc3nccs3)n2-c2cc(C)ccc2C)cc(OC)c1OC. The Morgan fingerprint density at radius 2 is 1.77 bits per heavy atom. The van der Waals surface area contributed by atoms with Crippen molar-refractivity contribution in [1.82, 2.24) is 25.1 Å². The van der Waals surface area contributed by atoms with Gasteiger partial charge in [-0.3, -0.25) is 14.2 Å². The van der Waals surface area contributed by atoms with Gasteiger partial charge in [-0.1, -0.05) is 23.9 Å². The lowest BCUT2D eigenvalue weighted by Gasteiger charge is -2.15. The number of rotatable bonds is 11. The van der Waals surface area contributed by atoms with E-state index in [4.69, 9.17) is 14.2 Å². The minimum Gasteiger partial charge on any atom is -0.493 e.